The second kappa shape index (κ2) is 6.86. The fourth-order valence-electron chi connectivity index (χ4n) is 2.86. The number of carbonyl (C=O) groups is 1. The van der Waals surface area contributed by atoms with Crippen LogP contribution in [0.4, 0.5) is 11.4 Å². The predicted molar refractivity (Wildman–Crippen MR) is 89.0 cm³/mol. The molecule has 1 aliphatic heterocycles. The Bertz CT molecular complexity index is 503. The van der Waals surface area contributed by atoms with Crippen LogP contribution in [0.3, 0.4) is 0 Å². The van der Waals surface area contributed by atoms with Crippen molar-refractivity contribution in [2.24, 2.45) is 0 Å². The van der Waals surface area contributed by atoms with E-state index in [2.05, 4.69) is 24.1 Å². The fraction of sp³-hybridized carbons (Fsp3) is 0.533. The number of likely N-dealkylation sites (tertiary alicyclic amines) is 1. The van der Waals surface area contributed by atoms with Crippen molar-refractivity contribution in [2.75, 3.05) is 17.6 Å². The number of halogens is 2. The van der Waals surface area contributed by atoms with Gasteiger partial charge in [-0.05, 0) is 38.8 Å². The third-order valence-corrected chi connectivity index (χ3v) is 4.57. The monoisotopic (exact) mass is 329 g/mol. The van der Waals surface area contributed by atoms with Crippen LogP contribution < -0.4 is 11.1 Å². The molecule has 21 heavy (non-hydrogen) atoms. The highest BCUT2D eigenvalue weighted by molar-refractivity contribution is 6.37. The number of carbonyl (C=O) groups excluding carboxylic acids is 1. The predicted octanol–water partition coefficient (Wildman–Crippen LogP) is 3.78. The zero-order valence-electron chi connectivity index (χ0n) is 12.3. The number of anilines is 2. The van der Waals surface area contributed by atoms with Crippen molar-refractivity contribution in [2.45, 2.75) is 45.2 Å². The Morgan fingerprint density at radius 2 is 1.95 bits per heavy atom. The lowest BCUT2D eigenvalue weighted by Crippen LogP contribution is -2.47. The zero-order chi connectivity index (χ0) is 15.6. The Hall–Kier alpha value is -0.970. The van der Waals surface area contributed by atoms with Gasteiger partial charge >= 0.3 is 0 Å². The molecule has 1 aromatic rings. The van der Waals surface area contributed by atoms with E-state index in [1.54, 1.807) is 12.1 Å². The number of nitrogens with one attached hydrogen (secondary N) is 1. The molecule has 0 bridgehead atoms. The summed E-state index contributed by atoms with van der Waals surface area (Å²) < 4.78 is 0. The molecule has 1 aromatic carbocycles. The average molecular weight is 330 g/mol. The molecule has 116 valence electrons. The second-order valence-corrected chi connectivity index (χ2v) is 6.54. The van der Waals surface area contributed by atoms with E-state index < -0.39 is 0 Å². The lowest BCUT2D eigenvalue weighted by atomic mass is 9.97. The van der Waals surface area contributed by atoms with Crippen molar-refractivity contribution < 1.29 is 4.79 Å². The third-order valence-electron chi connectivity index (χ3n) is 4.05. The van der Waals surface area contributed by atoms with Crippen LogP contribution in [-0.4, -0.2) is 29.4 Å². The molecule has 3 N–H and O–H groups in total. The van der Waals surface area contributed by atoms with Crippen molar-refractivity contribution in [3.05, 3.63) is 22.2 Å². The topological polar surface area (TPSA) is 58.4 Å². The molecule has 2 atom stereocenters. The average Bonchev–Trinajstić information content (AvgIpc) is 2.38. The van der Waals surface area contributed by atoms with Gasteiger partial charge in [-0.3, -0.25) is 9.69 Å². The molecule has 6 heteroatoms. The van der Waals surface area contributed by atoms with Gasteiger partial charge in [0, 0.05) is 17.1 Å². The minimum absolute atomic E-state index is 0.105. The van der Waals surface area contributed by atoms with Gasteiger partial charge in [0.1, 0.15) is 0 Å². The summed E-state index contributed by atoms with van der Waals surface area (Å²) in [6.07, 6.45) is 3.47. The smallest absolute Gasteiger partial charge is 0.238 e. The molecule has 1 heterocycles. The van der Waals surface area contributed by atoms with E-state index in [9.17, 15) is 4.79 Å². The first-order chi connectivity index (χ1) is 9.88. The number of piperidine rings is 1. The van der Waals surface area contributed by atoms with E-state index in [0.29, 0.717) is 40.0 Å². The van der Waals surface area contributed by atoms with Gasteiger partial charge in [0.15, 0.2) is 0 Å². The highest BCUT2D eigenvalue weighted by Gasteiger charge is 2.26. The molecule has 2 unspecified atom stereocenters. The molecule has 0 spiro atoms. The van der Waals surface area contributed by atoms with Crippen LogP contribution in [0.1, 0.15) is 33.1 Å². The third kappa shape index (κ3) is 4.02. The van der Waals surface area contributed by atoms with Crippen LogP contribution in [0.5, 0.6) is 0 Å². The maximum Gasteiger partial charge on any atom is 0.238 e. The van der Waals surface area contributed by atoms with E-state index >= 15 is 0 Å². The molecule has 0 radical (unpaired) electrons. The first-order valence-corrected chi connectivity index (χ1v) is 7.94. The molecule has 1 amide bonds. The highest BCUT2D eigenvalue weighted by Crippen LogP contribution is 2.32. The Morgan fingerprint density at radius 3 is 2.52 bits per heavy atom. The van der Waals surface area contributed by atoms with Gasteiger partial charge in [0.2, 0.25) is 5.91 Å². The molecular formula is C15H21Cl2N3O. The Kier molecular flexibility index (Phi) is 5.36. The van der Waals surface area contributed by atoms with Crippen LogP contribution >= 0.6 is 23.2 Å². The van der Waals surface area contributed by atoms with Crippen molar-refractivity contribution in [1.29, 1.82) is 0 Å². The molecule has 0 saturated carbocycles. The SMILES string of the molecule is CC1CCCC(C)N1CC(=O)Nc1c(N)cc(Cl)cc1Cl. The first-order valence-electron chi connectivity index (χ1n) is 7.18. The lowest BCUT2D eigenvalue weighted by molar-refractivity contribution is -0.118. The number of hydrogen-bond acceptors (Lipinski definition) is 3. The summed E-state index contributed by atoms with van der Waals surface area (Å²) in [5.74, 6) is -0.105. The van der Waals surface area contributed by atoms with Crippen LogP contribution in [0.15, 0.2) is 12.1 Å². The van der Waals surface area contributed by atoms with Gasteiger partial charge in [-0.1, -0.05) is 29.6 Å². The summed E-state index contributed by atoms with van der Waals surface area (Å²) >= 11 is 12.0. The Morgan fingerprint density at radius 1 is 1.33 bits per heavy atom. The van der Waals surface area contributed by atoms with E-state index in [1.807, 2.05) is 0 Å². The van der Waals surface area contributed by atoms with Gasteiger partial charge in [-0.15, -0.1) is 0 Å². The van der Waals surface area contributed by atoms with Crippen molar-refractivity contribution in [3.8, 4) is 0 Å². The van der Waals surface area contributed by atoms with Crippen LogP contribution in [0, 0.1) is 0 Å². The molecule has 0 aromatic heterocycles. The van der Waals surface area contributed by atoms with Gasteiger partial charge in [-0.2, -0.15) is 0 Å². The van der Waals surface area contributed by atoms with Crippen LogP contribution in [-0.2, 0) is 4.79 Å². The van der Waals surface area contributed by atoms with Crippen molar-refractivity contribution >= 4 is 40.5 Å². The highest BCUT2D eigenvalue weighted by atomic mass is 35.5. The summed E-state index contributed by atoms with van der Waals surface area (Å²) in [4.78, 5) is 14.5. The summed E-state index contributed by atoms with van der Waals surface area (Å²) in [5.41, 5.74) is 6.67. The first kappa shape index (κ1) is 16.4. The molecule has 0 aliphatic carbocycles. The number of benzene rings is 1. The standard InChI is InChI=1S/C15H21Cl2N3O/c1-9-4-3-5-10(2)20(9)8-14(21)19-15-12(17)6-11(16)7-13(15)18/h6-7,9-10H,3-5,8,18H2,1-2H3,(H,19,21). The molecule has 1 fully saturated rings. The molecule has 1 saturated heterocycles. The van der Waals surface area contributed by atoms with Gasteiger partial charge in [-0.25, -0.2) is 0 Å². The number of nitrogens with two attached hydrogens (primary N) is 1. The molecule has 2 rings (SSSR count). The van der Waals surface area contributed by atoms with Gasteiger partial charge < -0.3 is 11.1 Å². The van der Waals surface area contributed by atoms with Crippen molar-refractivity contribution in [1.82, 2.24) is 4.90 Å². The maximum atomic E-state index is 12.3. The maximum absolute atomic E-state index is 12.3. The fourth-order valence-corrected chi connectivity index (χ4v) is 3.41. The van der Waals surface area contributed by atoms with E-state index in [1.165, 1.54) is 6.42 Å². The number of amides is 1. The number of hydrogen-bond donors (Lipinski definition) is 2. The summed E-state index contributed by atoms with van der Waals surface area (Å²) in [5, 5.41) is 3.61. The summed E-state index contributed by atoms with van der Waals surface area (Å²) in [6.45, 7) is 4.67. The van der Waals surface area contributed by atoms with Crippen molar-refractivity contribution in [3.63, 3.8) is 0 Å². The summed E-state index contributed by atoms with van der Waals surface area (Å²) in [7, 11) is 0. The Balaban J connectivity index is 2.05. The number of nitrogen functional groups attached to an aromatic ring is 1. The number of nitrogens with zero attached hydrogens (tertiary/aromatic N) is 1. The van der Waals surface area contributed by atoms with Crippen LogP contribution in [0.25, 0.3) is 0 Å². The molecule has 4 nitrogen and oxygen atoms in total. The van der Waals surface area contributed by atoms with E-state index in [4.69, 9.17) is 28.9 Å². The molecule has 1 aliphatic rings. The minimum atomic E-state index is -0.105. The normalized spacial score (nSPS) is 23.0. The van der Waals surface area contributed by atoms with Gasteiger partial charge in [0.25, 0.3) is 0 Å². The second-order valence-electron chi connectivity index (χ2n) is 5.70. The van der Waals surface area contributed by atoms with E-state index in [0.717, 1.165) is 12.8 Å². The van der Waals surface area contributed by atoms with Crippen LogP contribution in [0.2, 0.25) is 10.0 Å². The van der Waals surface area contributed by atoms with Gasteiger partial charge in [0.05, 0.1) is 22.9 Å². The summed E-state index contributed by atoms with van der Waals surface area (Å²) in [6, 6.07) is 3.98. The lowest BCUT2D eigenvalue weighted by Gasteiger charge is -2.38. The quantitative estimate of drug-likeness (QED) is 0.829. The number of rotatable bonds is 3. The largest absolute Gasteiger partial charge is 0.397 e. The minimum Gasteiger partial charge on any atom is -0.397 e. The Labute approximate surface area is 135 Å². The van der Waals surface area contributed by atoms with E-state index in [-0.39, 0.29) is 5.91 Å². The zero-order valence-corrected chi connectivity index (χ0v) is 13.8. The molecular weight excluding hydrogens is 309 g/mol.